The van der Waals surface area contributed by atoms with Crippen molar-refractivity contribution in [3.8, 4) is 11.3 Å². The third kappa shape index (κ3) is 2.61. The van der Waals surface area contributed by atoms with Crippen molar-refractivity contribution < 1.29 is 8.96 Å². The van der Waals surface area contributed by atoms with Crippen molar-refractivity contribution in [3.63, 3.8) is 0 Å². The monoisotopic (exact) mass is 438 g/mol. The molecule has 1 nitrogen and oxygen atoms in total. The van der Waals surface area contributed by atoms with Crippen LogP contribution in [0, 0.1) is 19.7 Å². The van der Waals surface area contributed by atoms with E-state index in [1.165, 1.54) is 59.3 Å². The van der Waals surface area contributed by atoms with Gasteiger partial charge in [-0.25, -0.2) is 8.96 Å². The molecule has 1 aliphatic heterocycles. The van der Waals surface area contributed by atoms with Gasteiger partial charge >= 0.3 is 0 Å². The van der Waals surface area contributed by atoms with E-state index in [0.29, 0.717) is 5.92 Å². The zero-order valence-electron chi connectivity index (χ0n) is 19.0. The molecule has 2 heterocycles. The lowest BCUT2D eigenvalue weighted by Gasteiger charge is -2.26. The fourth-order valence-corrected chi connectivity index (χ4v) is 6.98. The number of aryl methyl sites for hydroxylation is 3. The molecule has 6 rings (SSSR count). The normalized spacial score (nSPS) is 12.8. The Balaban J connectivity index is 1.86. The fourth-order valence-electron chi connectivity index (χ4n) is 5.45. The minimum atomic E-state index is -0.188. The lowest BCUT2D eigenvalue weighted by molar-refractivity contribution is -0.659. The van der Waals surface area contributed by atoms with E-state index in [1.54, 1.807) is 12.1 Å². The molecular weight excluding hydrogens is 413 g/mol. The van der Waals surface area contributed by atoms with Crippen molar-refractivity contribution >= 4 is 44.1 Å². The predicted molar refractivity (Wildman–Crippen MR) is 133 cm³/mol. The van der Waals surface area contributed by atoms with Crippen LogP contribution in [0.15, 0.2) is 64.5 Å². The molecule has 0 N–H and O–H groups in total. The van der Waals surface area contributed by atoms with Crippen LogP contribution in [0.25, 0.3) is 43.6 Å². The number of nitrogens with zero attached hydrogens (tertiary/aromatic N) is 1. The summed E-state index contributed by atoms with van der Waals surface area (Å²) in [4.78, 5) is 2.56. The van der Waals surface area contributed by atoms with Crippen LogP contribution in [-0.2, 0) is 7.05 Å². The molecule has 5 aromatic rings. The molecule has 3 heteroatoms. The van der Waals surface area contributed by atoms with Gasteiger partial charge in [0.15, 0.2) is 6.20 Å². The summed E-state index contributed by atoms with van der Waals surface area (Å²) in [6, 6.07) is 16.3. The third-order valence-corrected chi connectivity index (χ3v) is 8.07. The third-order valence-electron chi connectivity index (χ3n) is 6.90. The van der Waals surface area contributed by atoms with Crippen molar-refractivity contribution in [3.05, 3.63) is 77.2 Å². The van der Waals surface area contributed by atoms with Crippen molar-refractivity contribution in [2.75, 3.05) is 0 Å². The van der Waals surface area contributed by atoms with Gasteiger partial charge in [-0.15, -0.1) is 0 Å². The number of halogens is 1. The topological polar surface area (TPSA) is 3.88 Å². The van der Waals surface area contributed by atoms with Gasteiger partial charge in [-0.2, -0.15) is 0 Å². The number of aromatic nitrogens is 1. The zero-order valence-corrected chi connectivity index (χ0v) is 19.8. The second kappa shape index (κ2) is 6.79. The molecule has 0 aliphatic carbocycles. The van der Waals surface area contributed by atoms with Gasteiger partial charge in [0, 0.05) is 21.2 Å². The van der Waals surface area contributed by atoms with Crippen LogP contribution in [0.2, 0.25) is 0 Å². The number of pyridine rings is 1. The number of rotatable bonds is 1. The Hall–Kier alpha value is -2.91. The molecule has 158 valence electrons. The number of fused-ring (bicyclic) bond motifs is 5. The van der Waals surface area contributed by atoms with E-state index in [0.717, 1.165) is 10.8 Å². The van der Waals surface area contributed by atoms with Crippen LogP contribution in [-0.4, -0.2) is 0 Å². The Morgan fingerprint density at radius 3 is 2.44 bits per heavy atom. The van der Waals surface area contributed by atoms with E-state index in [2.05, 4.69) is 75.8 Å². The highest BCUT2D eigenvalue weighted by atomic mass is 32.2. The highest BCUT2D eigenvalue weighted by Gasteiger charge is 2.32. The van der Waals surface area contributed by atoms with Crippen LogP contribution in [0.1, 0.15) is 36.5 Å². The number of hydrogen-bond acceptors (Lipinski definition) is 1. The first kappa shape index (κ1) is 19.8. The first-order chi connectivity index (χ1) is 15.3. The standard InChI is InChI=1S/C29H25FNS/c1-15(2)25-21-8-6-16(3)12-23(21)17(4)26-28-27-22(10-11-31(28)5)20-9-7-19(30)13-18(20)14-24(27)32-29(25)26/h6-15H,1-5H3/q+1. The molecule has 0 atom stereocenters. The fraction of sp³-hybridized carbons (Fsp3) is 0.207. The van der Waals surface area contributed by atoms with Gasteiger partial charge in [-0.1, -0.05) is 55.4 Å². The van der Waals surface area contributed by atoms with Crippen LogP contribution in [0.3, 0.4) is 0 Å². The van der Waals surface area contributed by atoms with Gasteiger partial charge in [-0.05, 0) is 70.6 Å². The summed E-state index contributed by atoms with van der Waals surface area (Å²) in [6.07, 6.45) is 2.15. The van der Waals surface area contributed by atoms with Crippen molar-refractivity contribution in [2.24, 2.45) is 7.05 Å². The average molecular weight is 439 g/mol. The summed E-state index contributed by atoms with van der Waals surface area (Å²) in [5.41, 5.74) is 6.64. The summed E-state index contributed by atoms with van der Waals surface area (Å²) in [7, 11) is 2.14. The molecule has 1 aromatic heterocycles. The van der Waals surface area contributed by atoms with E-state index in [-0.39, 0.29) is 5.82 Å². The molecular formula is C29H25FNS+. The molecule has 0 spiro atoms. The first-order valence-electron chi connectivity index (χ1n) is 11.1. The summed E-state index contributed by atoms with van der Waals surface area (Å²) in [5.74, 6) is 0.207. The van der Waals surface area contributed by atoms with Crippen LogP contribution in [0.4, 0.5) is 4.39 Å². The lowest BCUT2D eigenvalue weighted by Crippen LogP contribution is -2.32. The zero-order chi connectivity index (χ0) is 22.3. The van der Waals surface area contributed by atoms with Gasteiger partial charge in [-0.3, -0.25) is 0 Å². The van der Waals surface area contributed by atoms with Crippen molar-refractivity contribution in [1.82, 2.24) is 0 Å². The van der Waals surface area contributed by atoms with Crippen LogP contribution in [0.5, 0.6) is 0 Å². The number of benzene rings is 4. The summed E-state index contributed by atoms with van der Waals surface area (Å²) in [5, 5.41) is 7.22. The smallest absolute Gasteiger partial charge is 0.207 e. The quantitative estimate of drug-likeness (QED) is 0.186. The Labute approximate surface area is 191 Å². The second-order valence-electron chi connectivity index (χ2n) is 9.35. The summed E-state index contributed by atoms with van der Waals surface area (Å²) in [6.45, 7) is 9.02. The van der Waals surface area contributed by atoms with Crippen LogP contribution >= 0.6 is 11.8 Å². The SMILES string of the molecule is Cc1ccc2c(C(C)C)c3c(c(C)c2c1)-c1c2c(cc4cc(F)ccc4c2cc[n+]1C)S3. The van der Waals surface area contributed by atoms with Gasteiger partial charge in [0.05, 0.1) is 10.9 Å². The van der Waals surface area contributed by atoms with Gasteiger partial charge in [0.25, 0.3) is 0 Å². The molecule has 1 aliphatic rings. The van der Waals surface area contributed by atoms with E-state index >= 15 is 0 Å². The molecule has 0 fully saturated rings. The maximum atomic E-state index is 14.1. The van der Waals surface area contributed by atoms with Crippen molar-refractivity contribution in [1.29, 1.82) is 0 Å². The van der Waals surface area contributed by atoms with E-state index in [9.17, 15) is 4.39 Å². The minimum absolute atomic E-state index is 0.188. The van der Waals surface area contributed by atoms with E-state index < -0.39 is 0 Å². The Bertz CT molecular complexity index is 1610. The molecule has 0 saturated carbocycles. The molecule has 0 unspecified atom stereocenters. The Morgan fingerprint density at radius 1 is 0.875 bits per heavy atom. The van der Waals surface area contributed by atoms with Gasteiger partial charge in [0.1, 0.15) is 12.9 Å². The molecule has 0 amide bonds. The molecule has 0 radical (unpaired) electrons. The maximum absolute atomic E-state index is 14.1. The summed E-state index contributed by atoms with van der Waals surface area (Å²) < 4.78 is 16.4. The second-order valence-corrected chi connectivity index (χ2v) is 10.4. The Morgan fingerprint density at radius 2 is 1.66 bits per heavy atom. The predicted octanol–water partition coefficient (Wildman–Crippen LogP) is 7.98. The highest BCUT2D eigenvalue weighted by molar-refractivity contribution is 8.00. The average Bonchev–Trinajstić information content (AvgIpc) is 2.75. The van der Waals surface area contributed by atoms with Crippen molar-refractivity contribution in [2.45, 2.75) is 43.4 Å². The molecule has 0 bridgehead atoms. The lowest BCUT2D eigenvalue weighted by atomic mass is 9.86. The minimum Gasteiger partial charge on any atom is -0.207 e. The largest absolute Gasteiger partial charge is 0.222 e. The molecule has 32 heavy (non-hydrogen) atoms. The first-order valence-corrected chi connectivity index (χ1v) is 12.0. The maximum Gasteiger partial charge on any atom is 0.222 e. The molecule has 0 saturated heterocycles. The highest BCUT2D eigenvalue weighted by Crippen LogP contribution is 2.53. The van der Waals surface area contributed by atoms with E-state index in [1.807, 2.05) is 17.8 Å². The van der Waals surface area contributed by atoms with E-state index in [4.69, 9.17) is 0 Å². The number of hydrogen-bond donors (Lipinski definition) is 0. The summed E-state index contributed by atoms with van der Waals surface area (Å²) >= 11 is 1.86. The molecule has 4 aromatic carbocycles. The van der Waals surface area contributed by atoms with Gasteiger partial charge in [0.2, 0.25) is 5.69 Å². The van der Waals surface area contributed by atoms with Gasteiger partial charge < -0.3 is 0 Å². The van der Waals surface area contributed by atoms with Crippen LogP contribution < -0.4 is 4.57 Å². The Kier molecular flexibility index (Phi) is 4.19.